The van der Waals surface area contributed by atoms with E-state index >= 15 is 0 Å². The van der Waals surface area contributed by atoms with Gasteiger partial charge in [0.2, 0.25) is 0 Å². The lowest BCUT2D eigenvalue weighted by Crippen LogP contribution is -2.34. The van der Waals surface area contributed by atoms with E-state index in [9.17, 15) is 25.3 Å². The molecule has 5 N–H and O–H groups in total. The van der Waals surface area contributed by atoms with Crippen LogP contribution < -0.4 is 26.9 Å². The van der Waals surface area contributed by atoms with Crippen LogP contribution in [0.1, 0.15) is 10.4 Å². The highest BCUT2D eigenvalue weighted by Crippen LogP contribution is 2.41. The predicted molar refractivity (Wildman–Crippen MR) is 112 cm³/mol. The minimum Gasteiger partial charge on any atom is -0.858 e. The van der Waals surface area contributed by atoms with Gasteiger partial charge in [0, 0.05) is 18.0 Å². The maximum atomic E-state index is 12.8. The second-order valence-corrected chi connectivity index (χ2v) is 7.46. The summed E-state index contributed by atoms with van der Waals surface area (Å²) in [5.74, 6) is -0.879. The Hall–Kier alpha value is -4.77. The number of pyridine rings is 1. The zero-order valence-corrected chi connectivity index (χ0v) is 17.0. The summed E-state index contributed by atoms with van der Waals surface area (Å²) in [5.41, 5.74) is 11.3. The van der Waals surface area contributed by atoms with E-state index in [1.807, 2.05) is 6.07 Å². The molecular weight excluding hydrogens is 440 g/mol. The first-order valence-corrected chi connectivity index (χ1v) is 9.54. The van der Waals surface area contributed by atoms with Gasteiger partial charge in [0.05, 0.1) is 32.1 Å². The number of aromatic nitrogens is 3. The average Bonchev–Trinajstić information content (AvgIpc) is 3.26. The van der Waals surface area contributed by atoms with E-state index in [2.05, 4.69) is 15.2 Å². The van der Waals surface area contributed by atoms with Crippen LogP contribution in [-0.4, -0.2) is 21.1 Å². The number of nitro groups is 1. The maximum Gasteiger partial charge on any atom is 0.435 e. The number of benzene rings is 1. The van der Waals surface area contributed by atoms with Crippen LogP contribution in [0.4, 0.5) is 22.9 Å². The topological polar surface area (TPSA) is 217 Å². The molecule has 4 rings (SSSR count). The zero-order chi connectivity index (χ0) is 23.2. The summed E-state index contributed by atoms with van der Waals surface area (Å²) >= 11 is 0.887. The number of H-pyrrole nitrogens is 1. The fourth-order valence-corrected chi connectivity index (χ4v) is 4.10. The van der Waals surface area contributed by atoms with Gasteiger partial charge >= 0.3 is 11.3 Å². The van der Waals surface area contributed by atoms with Crippen LogP contribution in [-0.2, 0) is 7.05 Å². The van der Waals surface area contributed by atoms with Crippen LogP contribution in [0.3, 0.4) is 0 Å². The largest absolute Gasteiger partial charge is 0.858 e. The van der Waals surface area contributed by atoms with Gasteiger partial charge in [-0.05, 0) is 17.4 Å². The minimum atomic E-state index is -0.773. The number of nitrogen functional groups attached to an aromatic ring is 2. The first kappa shape index (κ1) is 20.5. The Morgan fingerprint density at radius 3 is 2.62 bits per heavy atom. The van der Waals surface area contributed by atoms with E-state index in [-0.39, 0.29) is 54.8 Å². The van der Waals surface area contributed by atoms with E-state index in [0.29, 0.717) is 0 Å². The number of hydrogen-bond acceptors (Lipinski definition) is 11. The zero-order valence-electron chi connectivity index (χ0n) is 16.1. The number of aromatic amines is 1. The van der Waals surface area contributed by atoms with Crippen molar-refractivity contribution in [3.8, 4) is 17.3 Å². The van der Waals surface area contributed by atoms with Crippen molar-refractivity contribution in [3.63, 3.8) is 0 Å². The summed E-state index contributed by atoms with van der Waals surface area (Å²) in [6.07, 6.45) is 0. The molecule has 3 heterocycles. The quantitative estimate of drug-likeness (QED) is 0.128. The standard InChI is InChI=1S/C18H12N8O5S/c1-25-13(18(28)31-24-25)10-9(6-19)15(21)23-17-11(10)12(20)14(32-17)16(27)22-7-2-4-8(5-3-7)26(29)30/h2-5H,1H3,(H5-,20,21,22,23,24,27,28). The second kappa shape index (κ2) is 7.49. The molecule has 0 saturated carbocycles. The Morgan fingerprint density at radius 2 is 2.06 bits per heavy atom. The van der Waals surface area contributed by atoms with Gasteiger partial charge in [-0.1, -0.05) is 4.68 Å². The van der Waals surface area contributed by atoms with Gasteiger partial charge in [0.25, 0.3) is 5.69 Å². The minimum absolute atomic E-state index is 0.00386. The van der Waals surface area contributed by atoms with Crippen molar-refractivity contribution < 1.29 is 19.2 Å². The van der Waals surface area contributed by atoms with Crippen molar-refractivity contribution in [2.45, 2.75) is 0 Å². The molecule has 3 aromatic heterocycles. The lowest BCUT2D eigenvalue weighted by Gasteiger charge is -2.09. The van der Waals surface area contributed by atoms with Crippen LogP contribution in [0.15, 0.2) is 38.6 Å². The molecule has 14 heteroatoms. The molecule has 0 unspecified atom stereocenters. The highest BCUT2D eigenvalue weighted by molar-refractivity contribution is 7.21. The molecule has 0 aliphatic carbocycles. The number of nitrogens with one attached hydrogen (secondary N) is 1. The SMILES string of the molecule is C[n+]1[nH]oc(=O)c1-c1c(C#N)c(N)nc2sc(C([O-])=Nc3ccc([N+](=O)[O-])cc3)c(N)c12. The number of aryl methyl sites for hydroxylation is 1. The number of anilines is 2. The third-order valence-electron chi connectivity index (χ3n) is 4.54. The number of rotatable bonds is 4. The fourth-order valence-electron chi connectivity index (χ4n) is 3.11. The summed E-state index contributed by atoms with van der Waals surface area (Å²) in [7, 11) is 1.49. The van der Waals surface area contributed by atoms with Gasteiger partial charge in [-0.25, -0.2) is 9.78 Å². The van der Waals surface area contributed by atoms with Crippen molar-refractivity contribution in [2.24, 2.45) is 12.0 Å². The fraction of sp³-hybridized carbons (Fsp3) is 0.0556. The lowest BCUT2D eigenvalue weighted by atomic mass is 10.0. The van der Waals surface area contributed by atoms with E-state index < -0.39 is 16.4 Å². The smallest absolute Gasteiger partial charge is 0.435 e. The molecule has 0 atom stereocenters. The molecule has 0 radical (unpaired) electrons. The van der Waals surface area contributed by atoms with Crippen LogP contribution in [0.2, 0.25) is 0 Å². The number of thiophene rings is 1. The highest BCUT2D eigenvalue weighted by atomic mass is 32.1. The number of nitrogens with zero attached hydrogens (tertiary/aromatic N) is 5. The molecule has 0 spiro atoms. The van der Waals surface area contributed by atoms with Crippen molar-refractivity contribution >= 4 is 50.3 Å². The Labute approximate surface area is 181 Å². The summed E-state index contributed by atoms with van der Waals surface area (Å²) in [5, 5.41) is 35.7. The maximum absolute atomic E-state index is 12.8. The molecule has 0 aliphatic heterocycles. The molecule has 32 heavy (non-hydrogen) atoms. The normalized spacial score (nSPS) is 11.6. The van der Waals surface area contributed by atoms with Crippen LogP contribution in [0.25, 0.3) is 21.5 Å². The molecule has 0 saturated heterocycles. The lowest BCUT2D eigenvalue weighted by molar-refractivity contribution is -0.730. The third-order valence-corrected chi connectivity index (χ3v) is 5.63. The van der Waals surface area contributed by atoms with Crippen molar-refractivity contribution in [1.29, 1.82) is 5.26 Å². The van der Waals surface area contributed by atoms with Crippen molar-refractivity contribution in [2.75, 3.05) is 11.5 Å². The number of hydrogen-bond donors (Lipinski definition) is 3. The number of aliphatic imine (C=N–C) groups is 1. The molecule has 4 aromatic rings. The first-order valence-electron chi connectivity index (χ1n) is 8.72. The Balaban J connectivity index is 1.95. The Kier molecular flexibility index (Phi) is 4.80. The van der Waals surface area contributed by atoms with Gasteiger partial charge in [0.15, 0.2) is 7.05 Å². The molecule has 13 nitrogen and oxygen atoms in total. The van der Waals surface area contributed by atoms with E-state index in [1.54, 1.807) is 0 Å². The Bertz CT molecular complexity index is 1520. The molecule has 0 aliphatic rings. The highest BCUT2D eigenvalue weighted by Gasteiger charge is 2.31. The van der Waals surface area contributed by atoms with Crippen LogP contribution >= 0.6 is 11.3 Å². The number of fused-ring (bicyclic) bond motifs is 1. The summed E-state index contributed by atoms with van der Waals surface area (Å²) < 4.78 is 6.03. The summed E-state index contributed by atoms with van der Waals surface area (Å²) in [6.45, 7) is 0. The van der Waals surface area contributed by atoms with Crippen LogP contribution in [0.5, 0.6) is 0 Å². The van der Waals surface area contributed by atoms with Gasteiger partial charge < -0.3 is 16.6 Å². The van der Waals surface area contributed by atoms with E-state index in [0.717, 1.165) is 11.3 Å². The average molecular weight is 452 g/mol. The number of nitro benzene ring substituents is 1. The van der Waals surface area contributed by atoms with Gasteiger partial charge in [-0.2, -0.15) is 5.26 Å². The monoisotopic (exact) mass is 452 g/mol. The second-order valence-electron chi connectivity index (χ2n) is 6.46. The summed E-state index contributed by atoms with van der Waals surface area (Å²) in [4.78, 5) is 30.8. The number of nitriles is 1. The summed E-state index contributed by atoms with van der Waals surface area (Å²) in [6, 6.07) is 6.97. The number of non-ortho nitro benzene ring substituents is 1. The molecule has 0 fully saturated rings. The third kappa shape index (κ3) is 3.18. The first-order chi connectivity index (χ1) is 15.2. The molecule has 0 bridgehead atoms. The van der Waals surface area contributed by atoms with Crippen LogP contribution in [0, 0.1) is 21.4 Å². The molecular formula is C18H12N8O5S. The van der Waals surface area contributed by atoms with E-state index in [1.165, 1.54) is 36.0 Å². The van der Waals surface area contributed by atoms with Crippen molar-refractivity contribution in [3.05, 3.63) is 55.2 Å². The van der Waals surface area contributed by atoms with Crippen molar-refractivity contribution in [1.82, 2.24) is 10.3 Å². The van der Waals surface area contributed by atoms with Gasteiger partial charge in [-0.3, -0.25) is 19.6 Å². The predicted octanol–water partition coefficient (Wildman–Crippen LogP) is 0.452. The number of nitrogens with two attached hydrogens (primary N) is 2. The van der Waals surface area contributed by atoms with Gasteiger partial charge in [-0.15, -0.1) is 11.3 Å². The van der Waals surface area contributed by atoms with E-state index in [4.69, 9.17) is 16.0 Å². The Morgan fingerprint density at radius 1 is 1.38 bits per heavy atom. The molecule has 1 aromatic carbocycles. The molecule has 0 amide bonds. The molecule has 160 valence electrons. The van der Waals surface area contributed by atoms with Gasteiger partial charge in [0.1, 0.15) is 22.3 Å².